The minimum absolute atomic E-state index is 0.0503. The fourth-order valence-corrected chi connectivity index (χ4v) is 5.28. The van der Waals surface area contributed by atoms with E-state index < -0.39 is 21.4 Å². The van der Waals surface area contributed by atoms with Gasteiger partial charge in [-0.15, -0.1) is 0 Å². The molecule has 1 aliphatic rings. The molecule has 1 aliphatic heterocycles. The van der Waals surface area contributed by atoms with Crippen molar-refractivity contribution < 1.29 is 13.5 Å². The molecule has 1 N–H and O–H groups in total. The number of benzene rings is 1. The molecule has 146 valence electrons. The molecule has 0 radical (unpaired) electrons. The Morgan fingerprint density at radius 2 is 1.89 bits per heavy atom. The number of nitriles is 1. The SMILES string of the molecule is Cc1cc(C)cc(N=Cc2c(C)c(C#N)c(=O)n([C@@H]3CCS(=O)(=O)C3)c2O)c1. The van der Waals surface area contributed by atoms with E-state index in [0.717, 1.165) is 15.7 Å². The van der Waals surface area contributed by atoms with Crippen LogP contribution in [0.5, 0.6) is 5.88 Å². The number of aliphatic imine (C=N–C) groups is 1. The first-order chi connectivity index (χ1) is 13.1. The van der Waals surface area contributed by atoms with Crippen molar-refractivity contribution in [3.8, 4) is 11.9 Å². The Morgan fingerprint density at radius 1 is 1.25 bits per heavy atom. The van der Waals surface area contributed by atoms with Gasteiger partial charge in [-0.3, -0.25) is 14.4 Å². The summed E-state index contributed by atoms with van der Waals surface area (Å²) in [5.41, 5.74) is 2.50. The predicted molar refractivity (Wildman–Crippen MR) is 107 cm³/mol. The van der Waals surface area contributed by atoms with Gasteiger partial charge in [-0.25, -0.2) is 8.42 Å². The summed E-state index contributed by atoms with van der Waals surface area (Å²) in [4.78, 5) is 17.1. The highest BCUT2D eigenvalue weighted by Gasteiger charge is 2.33. The van der Waals surface area contributed by atoms with E-state index in [0.29, 0.717) is 11.3 Å². The number of pyridine rings is 1. The molecule has 0 spiro atoms. The first-order valence-corrected chi connectivity index (χ1v) is 10.7. The van der Waals surface area contributed by atoms with Gasteiger partial charge in [0.2, 0.25) is 5.88 Å². The predicted octanol–water partition coefficient (Wildman–Crippen LogP) is 2.46. The maximum atomic E-state index is 12.7. The molecule has 1 fully saturated rings. The Balaban J connectivity index is 2.16. The maximum Gasteiger partial charge on any atom is 0.271 e. The second kappa shape index (κ2) is 7.24. The maximum absolute atomic E-state index is 12.7. The van der Waals surface area contributed by atoms with E-state index in [1.165, 1.54) is 6.21 Å². The Kier molecular flexibility index (Phi) is 5.13. The molecule has 0 saturated carbocycles. The third kappa shape index (κ3) is 3.71. The second-order valence-corrected chi connectivity index (χ2v) is 9.41. The molecule has 1 aromatic carbocycles. The average Bonchev–Trinajstić information content (AvgIpc) is 2.93. The molecule has 1 saturated heterocycles. The molecule has 0 unspecified atom stereocenters. The van der Waals surface area contributed by atoms with Crippen LogP contribution in [0, 0.1) is 32.1 Å². The highest BCUT2D eigenvalue weighted by atomic mass is 32.2. The first-order valence-electron chi connectivity index (χ1n) is 8.84. The van der Waals surface area contributed by atoms with Gasteiger partial charge in [-0.05, 0) is 56.0 Å². The van der Waals surface area contributed by atoms with Crippen molar-refractivity contribution in [3.05, 3.63) is 56.4 Å². The zero-order valence-electron chi connectivity index (χ0n) is 15.9. The number of sulfone groups is 1. The van der Waals surface area contributed by atoms with Crippen LogP contribution in [0.4, 0.5) is 5.69 Å². The van der Waals surface area contributed by atoms with Crippen molar-refractivity contribution in [1.29, 1.82) is 5.26 Å². The summed E-state index contributed by atoms with van der Waals surface area (Å²) in [7, 11) is -3.27. The lowest BCUT2D eigenvalue weighted by atomic mass is 10.0. The van der Waals surface area contributed by atoms with Gasteiger partial charge in [0.25, 0.3) is 5.56 Å². The second-order valence-electron chi connectivity index (χ2n) is 7.19. The van der Waals surface area contributed by atoms with Gasteiger partial charge in [0.15, 0.2) is 9.84 Å². The molecule has 0 aliphatic carbocycles. The Morgan fingerprint density at radius 3 is 2.43 bits per heavy atom. The summed E-state index contributed by atoms with van der Waals surface area (Å²) in [6, 6.07) is 6.94. The first kappa shape index (κ1) is 19.8. The molecule has 2 heterocycles. The third-order valence-electron chi connectivity index (χ3n) is 4.92. The van der Waals surface area contributed by atoms with Crippen molar-refractivity contribution in [2.24, 2.45) is 4.99 Å². The van der Waals surface area contributed by atoms with Gasteiger partial charge in [-0.1, -0.05) is 6.07 Å². The van der Waals surface area contributed by atoms with Crippen LogP contribution in [0.15, 0.2) is 28.0 Å². The van der Waals surface area contributed by atoms with Crippen molar-refractivity contribution >= 4 is 21.7 Å². The van der Waals surface area contributed by atoms with Crippen LogP contribution in [0.3, 0.4) is 0 Å². The Labute approximate surface area is 163 Å². The Bertz CT molecular complexity index is 1170. The molecule has 3 rings (SSSR count). The number of rotatable bonds is 3. The van der Waals surface area contributed by atoms with Crippen LogP contribution in [-0.4, -0.2) is 35.8 Å². The summed E-state index contributed by atoms with van der Waals surface area (Å²) in [6.45, 7) is 5.46. The van der Waals surface area contributed by atoms with E-state index in [2.05, 4.69) is 4.99 Å². The number of hydrogen-bond donors (Lipinski definition) is 1. The molecule has 2 aromatic rings. The largest absolute Gasteiger partial charge is 0.494 e. The van der Waals surface area contributed by atoms with Crippen LogP contribution in [-0.2, 0) is 9.84 Å². The third-order valence-corrected chi connectivity index (χ3v) is 6.67. The van der Waals surface area contributed by atoms with Crippen LogP contribution in [0.2, 0.25) is 0 Å². The highest BCUT2D eigenvalue weighted by molar-refractivity contribution is 7.91. The minimum Gasteiger partial charge on any atom is -0.494 e. The smallest absolute Gasteiger partial charge is 0.271 e. The van der Waals surface area contributed by atoms with E-state index in [1.807, 2.05) is 38.1 Å². The summed E-state index contributed by atoms with van der Waals surface area (Å²) < 4.78 is 24.7. The van der Waals surface area contributed by atoms with Crippen molar-refractivity contribution in [3.63, 3.8) is 0 Å². The zero-order valence-corrected chi connectivity index (χ0v) is 16.7. The van der Waals surface area contributed by atoms with Gasteiger partial charge in [0, 0.05) is 6.21 Å². The molecule has 1 atom stereocenters. The molecule has 0 bridgehead atoms. The average molecular weight is 399 g/mol. The number of aromatic nitrogens is 1. The fourth-order valence-electron chi connectivity index (χ4n) is 3.58. The van der Waals surface area contributed by atoms with E-state index in [1.54, 1.807) is 6.92 Å². The van der Waals surface area contributed by atoms with Crippen molar-refractivity contribution in [2.75, 3.05) is 11.5 Å². The van der Waals surface area contributed by atoms with Gasteiger partial charge in [-0.2, -0.15) is 5.26 Å². The van der Waals surface area contributed by atoms with E-state index in [9.17, 15) is 23.6 Å². The summed E-state index contributed by atoms with van der Waals surface area (Å²) in [6.07, 6.45) is 1.64. The van der Waals surface area contributed by atoms with Crippen LogP contribution >= 0.6 is 0 Å². The molecular weight excluding hydrogens is 378 g/mol. The van der Waals surface area contributed by atoms with E-state index in [-0.39, 0.29) is 34.9 Å². The lowest BCUT2D eigenvalue weighted by Gasteiger charge is -2.18. The van der Waals surface area contributed by atoms with Gasteiger partial charge < -0.3 is 5.11 Å². The van der Waals surface area contributed by atoms with E-state index in [4.69, 9.17) is 0 Å². The van der Waals surface area contributed by atoms with Crippen LogP contribution in [0.1, 0.15) is 40.3 Å². The molecule has 28 heavy (non-hydrogen) atoms. The monoisotopic (exact) mass is 399 g/mol. The quantitative estimate of drug-likeness (QED) is 0.797. The highest BCUT2D eigenvalue weighted by Crippen LogP contribution is 2.30. The molecular formula is C20H21N3O4S. The fraction of sp³-hybridized carbons (Fsp3) is 0.350. The normalized spacial score (nSPS) is 18.4. The Hall–Kier alpha value is -2.92. The van der Waals surface area contributed by atoms with Crippen molar-refractivity contribution in [1.82, 2.24) is 4.57 Å². The molecule has 0 amide bonds. The lowest BCUT2D eigenvalue weighted by molar-refractivity contribution is 0.379. The summed E-state index contributed by atoms with van der Waals surface area (Å²) in [5, 5.41) is 20.2. The van der Waals surface area contributed by atoms with Gasteiger partial charge in [0.05, 0.1) is 28.8 Å². The molecule has 8 heteroatoms. The van der Waals surface area contributed by atoms with Gasteiger partial charge >= 0.3 is 0 Å². The molecule has 7 nitrogen and oxygen atoms in total. The number of aryl methyl sites for hydroxylation is 2. The topological polar surface area (TPSA) is 113 Å². The number of hydrogen-bond acceptors (Lipinski definition) is 6. The summed E-state index contributed by atoms with van der Waals surface area (Å²) in [5.74, 6) is -0.649. The number of aromatic hydroxyl groups is 1. The molecule has 1 aromatic heterocycles. The minimum atomic E-state index is -3.27. The zero-order chi connectivity index (χ0) is 20.6. The number of nitrogens with zero attached hydrogens (tertiary/aromatic N) is 3. The lowest BCUT2D eigenvalue weighted by Crippen LogP contribution is -2.29. The van der Waals surface area contributed by atoms with Gasteiger partial charge in [0.1, 0.15) is 11.6 Å². The van der Waals surface area contributed by atoms with Crippen LogP contribution < -0.4 is 5.56 Å². The van der Waals surface area contributed by atoms with E-state index >= 15 is 0 Å². The summed E-state index contributed by atoms with van der Waals surface area (Å²) >= 11 is 0. The standard InChI is InChI=1S/C20H21N3O4S/c1-12-6-13(2)8-15(7-12)22-10-18-14(3)17(9-21)19(24)23(20(18)25)16-4-5-28(26,27)11-16/h6-8,10,16,25H,4-5,11H2,1-3H3/t16-/m1/s1. The van der Waals surface area contributed by atoms with Crippen LogP contribution in [0.25, 0.3) is 0 Å². The van der Waals surface area contributed by atoms with Crippen molar-refractivity contribution in [2.45, 2.75) is 33.2 Å².